The Morgan fingerprint density at radius 1 is 1.75 bits per heavy atom. The summed E-state index contributed by atoms with van der Waals surface area (Å²) >= 11 is 0. The Kier molecular flexibility index (Phi) is 0.682. The molecule has 0 amide bonds. The topological polar surface area (TPSA) is 0 Å². The Hall–Kier alpha value is -0.520. The second kappa shape index (κ2) is 1.25. The van der Waals surface area contributed by atoms with E-state index in [2.05, 4.69) is 19.1 Å². The van der Waals surface area contributed by atoms with Crippen LogP contribution >= 0.6 is 0 Å². The van der Waals surface area contributed by atoms with E-state index in [0.717, 1.165) is 5.92 Å². The molecule has 1 saturated carbocycles. The van der Waals surface area contributed by atoms with E-state index in [4.69, 9.17) is 0 Å². The van der Waals surface area contributed by atoms with Crippen molar-refractivity contribution in [2.75, 3.05) is 0 Å². The molecule has 1 fully saturated rings. The first kappa shape index (κ1) is 4.37. The SMILES string of the molecule is C/C=C1/CC=C2CC21. The minimum atomic E-state index is 0.917. The average Bonchev–Trinajstić information content (AvgIpc) is 2.46. The molecule has 2 rings (SSSR count). The minimum absolute atomic E-state index is 0.917. The Balaban J connectivity index is 2.28. The van der Waals surface area contributed by atoms with E-state index in [1.165, 1.54) is 12.8 Å². The predicted octanol–water partition coefficient (Wildman–Crippen LogP) is 2.28. The fourth-order valence-corrected chi connectivity index (χ4v) is 1.48. The monoisotopic (exact) mass is 106 g/mol. The van der Waals surface area contributed by atoms with E-state index in [-0.39, 0.29) is 0 Å². The summed E-state index contributed by atoms with van der Waals surface area (Å²) in [7, 11) is 0. The molecule has 0 heteroatoms. The third-order valence-corrected chi connectivity index (χ3v) is 2.15. The number of fused-ring (bicyclic) bond motifs is 1. The van der Waals surface area contributed by atoms with Gasteiger partial charge in [-0.05, 0) is 19.8 Å². The standard InChI is InChI=1S/C8H10/c1-2-6-3-4-7-5-8(6)7/h2,4,8H,3,5H2,1H3/b6-2-. The van der Waals surface area contributed by atoms with Gasteiger partial charge >= 0.3 is 0 Å². The number of hydrogen-bond acceptors (Lipinski definition) is 0. The second-order valence-electron chi connectivity index (χ2n) is 2.60. The lowest BCUT2D eigenvalue weighted by atomic mass is 10.1. The van der Waals surface area contributed by atoms with Crippen LogP contribution < -0.4 is 0 Å². The van der Waals surface area contributed by atoms with Gasteiger partial charge < -0.3 is 0 Å². The molecular weight excluding hydrogens is 96.1 g/mol. The van der Waals surface area contributed by atoms with Gasteiger partial charge in [-0.2, -0.15) is 0 Å². The minimum Gasteiger partial charge on any atom is -0.0875 e. The molecule has 0 spiro atoms. The van der Waals surface area contributed by atoms with Crippen LogP contribution in [0.2, 0.25) is 0 Å². The maximum Gasteiger partial charge on any atom is 0.00478 e. The number of rotatable bonds is 0. The third-order valence-electron chi connectivity index (χ3n) is 2.15. The Labute approximate surface area is 49.9 Å². The molecule has 0 aromatic heterocycles. The van der Waals surface area contributed by atoms with Gasteiger partial charge in [0.1, 0.15) is 0 Å². The molecule has 0 radical (unpaired) electrons. The van der Waals surface area contributed by atoms with Crippen LogP contribution in [0.15, 0.2) is 23.3 Å². The van der Waals surface area contributed by atoms with E-state index in [9.17, 15) is 0 Å². The van der Waals surface area contributed by atoms with Crippen LogP contribution in [-0.4, -0.2) is 0 Å². The van der Waals surface area contributed by atoms with Gasteiger partial charge in [-0.15, -0.1) is 0 Å². The summed E-state index contributed by atoms with van der Waals surface area (Å²) in [6.45, 7) is 2.14. The molecule has 2 aliphatic carbocycles. The smallest absolute Gasteiger partial charge is 0.00478 e. The Bertz CT molecular complexity index is 172. The molecule has 2 aliphatic rings. The second-order valence-corrected chi connectivity index (χ2v) is 2.60. The van der Waals surface area contributed by atoms with Crippen molar-refractivity contribution in [2.45, 2.75) is 19.8 Å². The fourth-order valence-electron chi connectivity index (χ4n) is 1.48. The van der Waals surface area contributed by atoms with Crippen LogP contribution in [0.3, 0.4) is 0 Å². The summed E-state index contributed by atoms with van der Waals surface area (Å²) in [5.41, 5.74) is 3.35. The van der Waals surface area contributed by atoms with Crippen molar-refractivity contribution in [2.24, 2.45) is 5.92 Å². The zero-order valence-corrected chi connectivity index (χ0v) is 5.15. The van der Waals surface area contributed by atoms with E-state index in [1.807, 2.05) is 0 Å². The van der Waals surface area contributed by atoms with Gasteiger partial charge in [0.05, 0.1) is 0 Å². The molecule has 0 aromatic rings. The molecule has 0 saturated heterocycles. The lowest BCUT2D eigenvalue weighted by molar-refractivity contribution is 1.00. The first-order valence-corrected chi connectivity index (χ1v) is 3.26. The van der Waals surface area contributed by atoms with Crippen LogP contribution in [-0.2, 0) is 0 Å². The van der Waals surface area contributed by atoms with Crippen molar-refractivity contribution < 1.29 is 0 Å². The lowest BCUT2D eigenvalue weighted by Crippen LogP contribution is -1.76. The van der Waals surface area contributed by atoms with Gasteiger partial charge in [-0.3, -0.25) is 0 Å². The van der Waals surface area contributed by atoms with E-state index < -0.39 is 0 Å². The maximum absolute atomic E-state index is 2.38. The number of allylic oxidation sites excluding steroid dienone is 4. The van der Waals surface area contributed by atoms with Gasteiger partial charge in [0.15, 0.2) is 0 Å². The third kappa shape index (κ3) is 0.405. The summed E-state index contributed by atoms with van der Waals surface area (Å²) in [5, 5.41) is 0. The van der Waals surface area contributed by atoms with E-state index in [0.29, 0.717) is 0 Å². The van der Waals surface area contributed by atoms with Crippen molar-refractivity contribution in [3.63, 3.8) is 0 Å². The van der Waals surface area contributed by atoms with Crippen molar-refractivity contribution in [1.82, 2.24) is 0 Å². The first-order valence-electron chi connectivity index (χ1n) is 3.26. The Morgan fingerprint density at radius 2 is 2.62 bits per heavy atom. The normalized spacial score (nSPS) is 37.4. The van der Waals surface area contributed by atoms with Crippen LogP contribution in [0.25, 0.3) is 0 Å². The summed E-state index contributed by atoms with van der Waals surface area (Å²) in [6.07, 6.45) is 7.26. The van der Waals surface area contributed by atoms with Gasteiger partial charge in [-0.25, -0.2) is 0 Å². The molecule has 0 nitrogen and oxygen atoms in total. The molecule has 1 unspecified atom stereocenters. The zero-order valence-electron chi connectivity index (χ0n) is 5.15. The molecule has 1 atom stereocenters. The molecule has 0 aliphatic heterocycles. The highest BCUT2D eigenvalue weighted by molar-refractivity contribution is 5.42. The van der Waals surface area contributed by atoms with Gasteiger partial charge in [-0.1, -0.05) is 23.3 Å². The van der Waals surface area contributed by atoms with Crippen LogP contribution in [0.5, 0.6) is 0 Å². The quantitative estimate of drug-likeness (QED) is 0.415. The van der Waals surface area contributed by atoms with Gasteiger partial charge in [0.25, 0.3) is 0 Å². The van der Waals surface area contributed by atoms with Crippen LogP contribution in [0.4, 0.5) is 0 Å². The Morgan fingerprint density at radius 3 is 2.88 bits per heavy atom. The van der Waals surface area contributed by atoms with Crippen molar-refractivity contribution in [3.8, 4) is 0 Å². The summed E-state index contributed by atoms with van der Waals surface area (Å²) in [6, 6.07) is 0. The first-order chi connectivity index (χ1) is 3.92. The summed E-state index contributed by atoms with van der Waals surface area (Å²) in [4.78, 5) is 0. The van der Waals surface area contributed by atoms with Crippen LogP contribution in [0, 0.1) is 5.92 Å². The molecule has 0 aromatic carbocycles. The summed E-state index contributed by atoms with van der Waals surface area (Å²) < 4.78 is 0. The zero-order chi connectivity index (χ0) is 5.56. The fraction of sp³-hybridized carbons (Fsp3) is 0.500. The van der Waals surface area contributed by atoms with E-state index in [1.54, 1.807) is 11.1 Å². The van der Waals surface area contributed by atoms with Gasteiger partial charge in [0.2, 0.25) is 0 Å². The molecular formula is C8H10. The van der Waals surface area contributed by atoms with E-state index >= 15 is 0 Å². The highest BCUT2D eigenvalue weighted by Gasteiger charge is 2.35. The maximum atomic E-state index is 2.38. The lowest BCUT2D eigenvalue weighted by Gasteiger charge is -1.91. The highest BCUT2D eigenvalue weighted by Crippen LogP contribution is 2.50. The summed E-state index contributed by atoms with van der Waals surface area (Å²) in [5.74, 6) is 0.917. The largest absolute Gasteiger partial charge is 0.0875 e. The molecule has 8 heavy (non-hydrogen) atoms. The van der Waals surface area contributed by atoms with Crippen molar-refractivity contribution in [3.05, 3.63) is 23.3 Å². The van der Waals surface area contributed by atoms with Crippen molar-refractivity contribution in [1.29, 1.82) is 0 Å². The predicted molar refractivity (Wildman–Crippen MR) is 34.6 cm³/mol. The molecule has 0 heterocycles. The molecule has 0 bridgehead atoms. The number of hydrogen-bond donors (Lipinski definition) is 0. The molecule has 0 N–H and O–H groups in total. The highest BCUT2D eigenvalue weighted by atomic mass is 14.4. The molecule has 42 valence electrons. The van der Waals surface area contributed by atoms with Crippen molar-refractivity contribution >= 4 is 0 Å². The van der Waals surface area contributed by atoms with Gasteiger partial charge in [0, 0.05) is 5.92 Å². The van der Waals surface area contributed by atoms with Crippen LogP contribution in [0.1, 0.15) is 19.8 Å². The average molecular weight is 106 g/mol.